The third-order valence-corrected chi connectivity index (χ3v) is 6.62. The fraction of sp³-hybridized carbons (Fsp3) is 0.280. The predicted octanol–water partition coefficient (Wildman–Crippen LogP) is 5.01. The van der Waals surface area contributed by atoms with Gasteiger partial charge in [0.1, 0.15) is 17.7 Å². The van der Waals surface area contributed by atoms with Gasteiger partial charge in [-0.2, -0.15) is 0 Å². The highest BCUT2D eigenvalue weighted by Crippen LogP contribution is 2.48. The molecule has 0 unspecified atom stereocenters. The number of fused-ring (bicyclic) bond motifs is 1. The summed E-state index contributed by atoms with van der Waals surface area (Å²) >= 11 is 6.10. The summed E-state index contributed by atoms with van der Waals surface area (Å²) in [6, 6.07) is 12.0. The number of pyridine rings is 1. The third-order valence-electron chi connectivity index (χ3n) is 6.38. The van der Waals surface area contributed by atoms with Crippen LogP contribution in [0.5, 0.6) is 0 Å². The van der Waals surface area contributed by atoms with Gasteiger partial charge in [0.25, 0.3) is 0 Å². The van der Waals surface area contributed by atoms with Gasteiger partial charge in [-0.15, -0.1) is 0 Å². The Morgan fingerprint density at radius 3 is 2.91 bits per heavy atom. The van der Waals surface area contributed by atoms with Crippen LogP contribution < -0.4 is 10.6 Å². The largest absolute Gasteiger partial charge is 0.363 e. The number of nitrogens with zero attached hydrogens (tertiary/aromatic N) is 4. The van der Waals surface area contributed by atoms with Gasteiger partial charge in [0, 0.05) is 23.3 Å². The number of rotatable bonds is 7. The minimum Gasteiger partial charge on any atom is -0.363 e. The van der Waals surface area contributed by atoms with Crippen molar-refractivity contribution < 1.29 is 4.79 Å². The molecule has 0 spiro atoms. The van der Waals surface area contributed by atoms with Crippen LogP contribution in [0.25, 0.3) is 5.65 Å². The van der Waals surface area contributed by atoms with Gasteiger partial charge in [-0.3, -0.25) is 4.79 Å². The highest BCUT2D eigenvalue weighted by atomic mass is 35.5. The Morgan fingerprint density at radius 1 is 1.15 bits per heavy atom. The number of benzene rings is 1. The van der Waals surface area contributed by atoms with E-state index in [-0.39, 0.29) is 17.7 Å². The number of anilines is 2. The van der Waals surface area contributed by atoms with Crippen LogP contribution in [0.4, 0.5) is 11.5 Å². The van der Waals surface area contributed by atoms with Gasteiger partial charge >= 0.3 is 0 Å². The first-order chi connectivity index (χ1) is 16.1. The molecule has 0 aliphatic heterocycles. The van der Waals surface area contributed by atoms with Crippen molar-refractivity contribution in [2.24, 2.45) is 5.92 Å². The zero-order valence-electron chi connectivity index (χ0n) is 17.9. The van der Waals surface area contributed by atoms with Crippen molar-refractivity contribution in [1.82, 2.24) is 19.4 Å². The van der Waals surface area contributed by atoms with Crippen molar-refractivity contribution in [3.8, 4) is 0 Å². The average Bonchev–Trinajstić information content (AvgIpc) is 3.74. The summed E-state index contributed by atoms with van der Waals surface area (Å²) in [6.45, 7) is 0.495. The Labute approximate surface area is 196 Å². The van der Waals surface area contributed by atoms with E-state index in [1.807, 2.05) is 30.5 Å². The Morgan fingerprint density at radius 2 is 2.06 bits per heavy atom. The van der Waals surface area contributed by atoms with E-state index >= 15 is 0 Å². The number of carbonyl (C=O) groups is 1. The van der Waals surface area contributed by atoms with Crippen LogP contribution in [0.1, 0.15) is 47.9 Å². The summed E-state index contributed by atoms with van der Waals surface area (Å²) in [6.07, 6.45) is 10.7. The van der Waals surface area contributed by atoms with Gasteiger partial charge < -0.3 is 15.0 Å². The second-order valence-corrected chi connectivity index (χ2v) is 9.30. The first kappa shape index (κ1) is 20.2. The third kappa shape index (κ3) is 4.28. The molecule has 2 atom stereocenters. The van der Waals surface area contributed by atoms with Gasteiger partial charge in [-0.25, -0.2) is 15.0 Å². The average molecular weight is 459 g/mol. The first-order valence-corrected chi connectivity index (χ1v) is 11.6. The number of hydrogen-bond donors (Lipinski definition) is 2. The van der Waals surface area contributed by atoms with Crippen LogP contribution in [-0.4, -0.2) is 25.3 Å². The van der Waals surface area contributed by atoms with Gasteiger partial charge in [0.2, 0.25) is 5.91 Å². The number of amides is 1. The van der Waals surface area contributed by atoms with Crippen LogP contribution in [0.2, 0.25) is 5.02 Å². The van der Waals surface area contributed by atoms with Crippen molar-refractivity contribution in [3.63, 3.8) is 0 Å². The number of halogens is 1. The molecule has 8 heteroatoms. The molecule has 2 saturated carbocycles. The molecule has 33 heavy (non-hydrogen) atoms. The molecule has 0 radical (unpaired) electrons. The molecule has 2 aliphatic rings. The van der Waals surface area contributed by atoms with Gasteiger partial charge in [0.15, 0.2) is 5.82 Å². The Hall–Kier alpha value is -3.45. The lowest BCUT2D eigenvalue weighted by atomic mass is 10.1. The maximum Gasteiger partial charge on any atom is 0.228 e. The molecule has 1 aromatic carbocycles. The molecule has 7 nitrogen and oxygen atoms in total. The number of imidazole rings is 1. The minimum atomic E-state index is -0.0735. The molecule has 3 heterocycles. The van der Waals surface area contributed by atoms with Crippen LogP contribution in [-0.2, 0) is 11.3 Å². The minimum absolute atomic E-state index is 0.0295. The highest BCUT2D eigenvalue weighted by Gasteiger charge is 2.44. The molecule has 6 rings (SSSR count). The quantitative estimate of drug-likeness (QED) is 0.406. The molecule has 0 saturated heterocycles. The Bertz CT molecular complexity index is 1350. The lowest BCUT2D eigenvalue weighted by Gasteiger charge is -2.10. The molecular weight excluding hydrogens is 436 g/mol. The molecule has 3 aromatic heterocycles. The number of carbonyl (C=O) groups excluding carboxylic acids is 1. The van der Waals surface area contributed by atoms with E-state index in [0.717, 1.165) is 23.3 Å². The van der Waals surface area contributed by atoms with E-state index in [1.54, 1.807) is 6.20 Å². The SMILES string of the molecule is O=C(Nc1cncnc1NCc1cn2cc(C3CC3)ccc2n1)[C@H]1C[C@@H]1c1cccc(Cl)c1. The fourth-order valence-corrected chi connectivity index (χ4v) is 4.56. The topological polar surface area (TPSA) is 84.2 Å². The van der Waals surface area contributed by atoms with Crippen LogP contribution in [0.15, 0.2) is 61.3 Å². The lowest BCUT2D eigenvalue weighted by Crippen LogP contribution is -2.17. The van der Waals surface area contributed by atoms with Gasteiger partial charge in [0.05, 0.1) is 18.4 Å². The van der Waals surface area contributed by atoms with Crippen LogP contribution >= 0.6 is 11.6 Å². The second kappa shape index (κ2) is 8.15. The van der Waals surface area contributed by atoms with E-state index < -0.39 is 0 Å². The molecule has 2 fully saturated rings. The molecule has 4 aromatic rings. The molecule has 166 valence electrons. The summed E-state index contributed by atoms with van der Waals surface area (Å²) in [5.74, 6) is 1.38. The van der Waals surface area contributed by atoms with Crippen LogP contribution in [0, 0.1) is 5.92 Å². The summed E-state index contributed by atoms with van der Waals surface area (Å²) in [4.78, 5) is 25.9. The van der Waals surface area contributed by atoms with Crippen LogP contribution in [0.3, 0.4) is 0 Å². The smallest absolute Gasteiger partial charge is 0.228 e. The summed E-state index contributed by atoms with van der Waals surface area (Å²) in [5.41, 5.74) is 4.87. The van der Waals surface area contributed by atoms with Crippen molar-refractivity contribution in [3.05, 3.63) is 83.2 Å². The zero-order chi connectivity index (χ0) is 22.4. The van der Waals surface area contributed by atoms with E-state index in [1.165, 1.54) is 24.7 Å². The predicted molar refractivity (Wildman–Crippen MR) is 127 cm³/mol. The van der Waals surface area contributed by atoms with Crippen molar-refractivity contribution in [2.75, 3.05) is 10.6 Å². The number of nitrogens with one attached hydrogen (secondary N) is 2. The monoisotopic (exact) mass is 458 g/mol. The van der Waals surface area contributed by atoms with E-state index in [9.17, 15) is 4.79 Å². The molecule has 2 aliphatic carbocycles. The Balaban J connectivity index is 1.12. The normalized spacial score (nSPS) is 19.4. The van der Waals surface area contributed by atoms with Gasteiger partial charge in [-0.05, 0) is 60.4 Å². The zero-order valence-corrected chi connectivity index (χ0v) is 18.7. The lowest BCUT2D eigenvalue weighted by molar-refractivity contribution is -0.117. The highest BCUT2D eigenvalue weighted by molar-refractivity contribution is 6.30. The second-order valence-electron chi connectivity index (χ2n) is 8.87. The maximum absolute atomic E-state index is 12.8. The molecular formula is C25H23ClN6O. The van der Waals surface area contributed by atoms with Crippen molar-refractivity contribution >= 4 is 34.7 Å². The van der Waals surface area contributed by atoms with Crippen molar-refractivity contribution in [2.45, 2.75) is 37.6 Å². The first-order valence-electron chi connectivity index (χ1n) is 11.2. The number of aromatic nitrogens is 4. The number of hydrogen-bond acceptors (Lipinski definition) is 5. The van der Waals surface area contributed by atoms with Crippen molar-refractivity contribution in [1.29, 1.82) is 0 Å². The molecule has 1 amide bonds. The van der Waals surface area contributed by atoms with Gasteiger partial charge in [-0.1, -0.05) is 29.8 Å². The van der Waals surface area contributed by atoms with E-state index in [0.29, 0.717) is 29.0 Å². The maximum atomic E-state index is 12.8. The summed E-state index contributed by atoms with van der Waals surface area (Å²) < 4.78 is 2.08. The Kier molecular flexibility index (Phi) is 4.99. The van der Waals surface area contributed by atoms with E-state index in [2.05, 4.69) is 48.3 Å². The standard InChI is InChI=1S/C25H23ClN6O/c26-18-3-1-2-16(8-18)20-9-21(20)25(33)31-22-11-27-14-29-24(22)28-10-19-13-32-12-17(15-4-5-15)6-7-23(32)30-19/h1-3,6-8,11-15,20-21H,4-5,9-10H2,(H,31,33)(H,27,28,29)/t20-,21+/m1/s1. The molecule has 2 N–H and O–H groups in total. The fourth-order valence-electron chi connectivity index (χ4n) is 4.36. The molecule has 0 bridgehead atoms. The van der Waals surface area contributed by atoms with E-state index in [4.69, 9.17) is 11.6 Å². The summed E-state index contributed by atoms with van der Waals surface area (Å²) in [5, 5.41) is 6.98. The summed E-state index contributed by atoms with van der Waals surface area (Å²) in [7, 11) is 0.